The van der Waals surface area contributed by atoms with Crippen molar-refractivity contribution in [3.05, 3.63) is 36.0 Å². The van der Waals surface area contributed by atoms with Gasteiger partial charge >= 0.3 is 0 Å². The van der Waals surface area contributed by atoms with Crippen LogP contribution in [0.25, 0.3) is 22.7 Å². The second-order valence-corrected chi connectivity index (χ2v) is 4.75. The number of hydrogen-bond acceptors (Lipinski definition) is 5. The average molecular weight is 267 g/mol. The molecule has 3 aromatic rings. The highest BCUT2D eigenvalue weighted by atomic mass is 16.5. The predicted molar refractivity (Wildman–Crippen MR) is 76.0 cm³/mol. The van der Waals surface area contributed by atoms with E-state index in [-0.39, 0.29) is 0 Å². The Balaban J connectivity index is 1.90. The molecule has 0 radical (unpaired) electrons. The third-order valence-electron chi connectivity index (χ3n) is 3.30. The van der Waals surface area contributed by atoms with E-state index in [1.807, 2.05) is 37.3 Å². The molecule has 0 saturated heterocycles. The molecular weight excluding hydrogens is 254 g/mol. The number of aromatic nitrogens is 2. The SMILES string of the molecule is Cc1ccc2oc(-c3cccc4c3OCCN4)nc2n1. The van der Waals surface area contributed by atoms with Crippen LogP contribution in [0.5, 0.6) is 5.75 Å². The summed E-state index contributed by atoms with van der Waals surface area (Å²) >= 11 is 0. The maximum atomic E-state index is 5.79. The molecule has 0 bridgehead atoms. The van der Waals surface area contributed by atoms with Gasteiger partial charge in [-0.1, -0.05) is 6.07 Å². The fraction of sp³-hybridized carbons (Fsp3) is 0.200. The Morgan fingerprint density at radius 2 is 2.10 bits per heavy atom. The van der Waals surface area contributed by atoms with Crippen molar-refractivity contribution in [1.82, 2.24) is 9.97 Å². The lowest BCUT2D eigenvalue weighted by atomic mass is 10.1. The van der Waals surface area contributed by atoms with Gasteiger partial charge in [0.2, 0.25) is 5.89 Å². The van der Waals surface area contributed by atoms with Crippen LogP contribution in [0.1, 0.15) is 5.69 Å². The Morgan fingerprint density at radius 1 is 1.15 bits per heavy atom. The highest BCUT2D eigenvalue weighted by Gasteiger charge is 2.19. The van der Waals surface area contributed by atoms with E-state index in [1.165, 1.54) is 0 Å². The number of rotatable bonds is 1. The Morgan fingerprint density at radius 3 is 3.05 bits per heavy atom. The van der Waals surface area contributed by atoms with Gasteiger partial charge in [0.25, 0.3) is 0 Å². The fourth-order valence-electron chi connectivity index (χ4n) is 2.37. The van der Waals surface area contributed by atoms with Crippen molar-refractivity contribution in [2.75, 3.05) is 18.5 Å². The van der Waals surface area contributed by atoms with Gasteiger partial charge in [-0.2, -0.15) is 4.98 Å². The molecule has 0 atom stereocenters. The number of para-hydroxylation sites is 1. The lowest BCUT2D eigenvalue weighted by molar-refractivity contribution is 0.324. The van der Waals surface area contributed by atoms with Gasteiger partial charge in [0.05, 0.1) is 11.3 Å². The first kappa shape index (κ1) is 11.3. The minimum absolute atomic E-state index is 0.540. The molecule has 1 aliphatic rings. The van der Waals surface area contributed by atoms with Gasteiger partial charge in [-0.3, -0.25) is 0 Å². The number of nitrogens with zero attached hydrogens (tertiary/aromatic N) is 2. The van der Waals surface area contributed by atoms with Crippen LogP contribution >= 0.6 is 0 Å². The third kappa shape index (κ3) is 1.71. The van der Waals surface area contributed by atoms with Crippen molar-refractivity contribution in [1.29, 1.82) is 0 Å². The third-order valence-corrected chi connectivity index (χ3v) is 3.30. The van der Waals surface area contributed by atoms with Crippen LogP contribution in [0, 0.1) is 6.92 Å². The van der Waals surface area contributed by atoms with Gasteiger partial charge in [0, 0.05) is 12.2 Å². The van der Waals surface area contributed by atoms with Crippen LogP contribution < -0.4 is 10.1 Å². The summed E-state index contributed by atoms with van der Waals surface area (Å²) in [5.41, 5.74) is 4.06. The molecule has 0 spiro atoms. The van der Waals surface area contributed by atoms with Crippen LogP contribution in [0.15, 0.2) is 34.7 Å². The number of benzene rings is 1. The second kappa shape index (κ2) is 4.23. The topological polar surface area (TPSA) is 60.2 Å². The summed E-state index contributed by atoms with van der Waals surface area (Å²) in [5.74, 6) is 1.33. The average Bonchev–Trinajstić information content (AvgIpc) is 2.89. The molecule has 1 aliphatic heterocycles. The van der Waals surface area contributed by atoms with Crippen molar-refractivity contribution < 1.29 is 9.15 Å². The van der Waals surface area contributed by atoms with Crippen molar-refractivity contribution in [2.24, 2.45) is 0 Å². The molecule has 20 heavy (non-hydrogen) atoms. The number of oxazole rings is 1. The molecule has 0 aliphatic carbocycles. The van der Waals surface area contributed by atoms with Crippen LogP contribution in [-0.2, 0) is 0 Å². The molecule has 5 heteroatoms. The van der Waals surface area contributed by atoms with Gasteiger partial charge in [0.15, 0.2) is 17.0 Å². The van der Waals surface area contributed by atoms with E-state index in [2.05, 4.69) is 15.3 Å². The van der Waals surface area contributed by atoms with Crippen LogP contribution in [-0.4, -0.2) is 23.1 Å². The molecule has 0 unspecified atom stereocenters. The van der Waals surface area contributed by atoms with Crippen LogP contribution in [0.2, 0.25) is 0 Å². The highest BCUT2D eigenvalue weighted by molar-refractivity contribution is 5.79. The van der Waals surface area contributed by atoms with Crippen molar-refractivity contribution in [2.45, 2.75) is 6.92 Å². The summed E-state index contributed by atoms with van der Waals surface area (Å²) in [4.78, 5) is 8.84. The monoisotopic (exact) mass is 267 g/mol. The van der Waals surface area contributed by atoms with E-state index in [4.69, 9.17) is 9.15 Å². The zero-order valence-electron chi connectivity index (χ0n) is 11.0. The summed E-state index contributed by atoms with van der Waals surface area (Å²) in [7, 11) is 0. The molecule has 0 saturated carbocycles. The summed E-state index contributed by atoms with van der Waals surface area (Å²) in [6.07, 6.45) is 0. The number of nitrogens with one attached hydrogen (secondary N) is 1. The van der Waals surface area contributed by atoms with Crippen molar-refractivity contribution in [3.8, 4) is 17.2 Å². The zero-order chi connectivity index (χ0) is 13.5. The number of aryl methyl sites for hydroxylation is 1. The number of ether oxygens (including phenoxy) is 1. The van der Waals surface area contributed by atoms with Gasteiger partial charge in [-0.05, 0) is 31.2 Å². The molecule has 1 aromatic carbocycles. The first-order chi connectivity index (χ1) is 9.81. The molecule has 3 heterocycles. The first-order valence-electron chi connectivity index (χ1n) is 6.55. The quantitative estimate of drug-likeness (QED) is 0.734. The number of hydrogen-bond donors (Lipinski definition) is 1. The number of fused-ring (bicyclic) bond motifs is 2. The fourth-order valence-corrected chi connectivity index (χ4v) is 2.37. The Kier molecular flexibility index (Phi) is 2.39. The summed E-state index contributed by atoms with van der Waals surface area (Å²) in [6.45, 7) is 3.39. The predicted octanol–water partition coefficient (Wildman–Crippen LogP) is 3.00. The largest absolute Gasteiger partial charge is 0.489 e. The van der Waals surface area contributed by atoms with Crippen LogP contribution in [0.3, 0.4) is 0 Å². The molecule has 4 rings (SSSR count). The van der Waals surface area contributed by atoms with Gasteiger partial charge < -0.3 is 14.5 Å². The molecular formula is C15H13N3O2. The van der Waals surface area contributed by atoms with E-state index in [0.717, 1.165) is 29.2 Å². The maximum Gasteiger partial charge on any atom is 0.232 e. The van der Waals surface area contributed by atoms with Crippen molar-refractivity contribution >= 4 is 16.9 Å². The molecule has 0 fully saturated rings. The zero-order valence-corrected chi connectivity index (χ0v) is 11.0. The minimum Gasteiger partial charge on any atom is -0.489 e. The molecule has 100 valence electrons. The molecule has 2 aromatic heterocycles. The normalized spacial score (nSPS) is 13.7. The molecule has 5 nitrogen and oxygen atoms in total. The number of pyridine rings is 1. The van der Waals surface area contributed by atoms with E-state index in [1.54, 1.807) is 0 Å². The lowest BCUT2D eigenvalue weighted by Crippen LogP contribution is -2.18. The summed E-state index contributed by atoms with van der Waals surface area (Å²) in [6, 6.07) is 9.70. The second-order valence-electron chi connectivity index (χ2n) is 4.75. The smallest absolute Gasteiger partial charge is 0.232 e. The van der Waals surface area contributed by atoms with Crippen LogP contribution in [0.4, 0.5) is 5.69 Å². The Labute approximate surface area is 115 Å². The maximum absolute atomic E-state index is 5.79. The summed E-state index contributed by atoms with van der Waals surface area (Å²) in [5, 5.41) is 3.31. The van der Waals surface area contributed by atoms with E-state index in [9.17, 15) is 0 Å². The van der Waals surface area contributed by atoms with Gasteiger partial charge in [0.1, 0.15) is 6.61 Å². The molecule has 0 amide bonds. The van der Waals surface area contributed by atoms with E-state index < -0.39 is 0 Å². The highest BCUT2D eigenvalue weighted by Crippen LogP contribution is 2.38. The van der Waals surface area contributed by atoms with Crippen molar-refractivity contribution in [3.63, 3.8) is 0 Å². The summed E-state index contributed by atoms with van der Waals surface area (Å²) < 4.78 is 11.5. The van der Waals surface area contributed by atoms with E-state index in [0.29, 0.717) is 23.7 Å². The van der Waals surface area contributed by atoms with E-state index >= 15 is 0 Å². The first-order valence-corrected chi connectivity index (χ1v) is 6.55. The standard InChI is InChI=1S/C15H13N3O2/c1-9-5-6-12-14(17-9)18-15(20-12)10-3-2-4-11-13(10)19-8-7-16-11/h2-6,16H,7-8H2,1H3. The Hall–Kier alpha value is -2.56. The number of anilines is 1. The minimum atomic E-state index is 0.540. The lowest BCUT2D eigenvalue weighted by Gasteiger charge is -2.20. The van der Waals surface area contributed by atoms with Gasteiger partial charge in [-0.15, -0.1) is 0 Å². The van der Waals surface area contributed by atoms with Gasteiger partial charge in [-0.25, -0.2) is 4.98 Å². The Bertz CT molecular complexity index is 795. The molecule has 1 N–H and O–H groups in total.